The van der Waals surface area contributed by atoms with Gasteiger partial charge in [0.05, 0.1) is 0 Å². The van der Waals surface area contributed by atoms with Gasteiger partial charge in [0.25, 0.3) is 0 Å². The lowest BCUT2D eigenvalue weighted by Gasteiger charge is -2.33. The van der Waals surface area contributed by atoms with Crippen LogP contribution in [0.3, 0.4) is 0 Å². The van der Waals surface area contributed by atoms with Crippen molar-refractivity contribution in [3.05, 3.63) is 59.7 Å². The Labute approximate surface area is 241 Å². The number of alkyl halides is 9. The minimum atomic E-state index is -6.93. The zero-order valence-corrected chi connectivity index (χ0v) is 24.8. The minimum absolute atomic E-state index is 0.0581. The van der Waals surface area contributed by atoms with Gasteiger partial charge in [0.15, 0.2) is 0 Å². The van der Waals surface area contributed by atoms with E-state index in [1.54, 1.807) is 0 Å². The topological polar surface area (TPSA) is 36.9 Å². The first-order valence-corrected chi connectivity index (χ1v) is 16.5. The van der Waals surface area contributed by atoms with Crippen LogP contribution in [-0.2, 0) is 26.3 Å². The number of halogens is 9. The third-order valence-corrected chi connectivity index (χ3v) is 11.7. The molecule has 16 heteroatoms. The molecule has 0 atom stereocenters. The fourth-order valence-corrected chi connectivity index (χ4v) is 9.06. The van der Waals surface area contributed by atoms with Crippen LogP contribution in [-0.4, -0.2) is 56.8 Å². The van der Waals surface area contributed by atoms with Crippen molar-refractivity contribution in [3.63, 3.8) is 0 Å². The summed E-state index contributed by atoms with van der Waals surface area (Å²) in [5, 5.41) is -5.76. The fraction of sp³-hybridized carbons (Fsp3) is 0.520. The highest BCUT2D eigenvalue weighted by atomic mass is 32.4. The maximum Gasteiger partial charge on any atom is 0.573 e. The second kappa shape index (κ2) is 14.7. The van der Waals surface area contributed by atoms with Crippen LogP contribution in [0.4, 0.5) is 39.5 Å². The number of thioether (sulfide) groups is 1. The highest BCUT2D eigenvalue weighted by Gasteiger charge is 2.82. The fourth-order valence-electron chi connectivity index (χ4n) is 3.22. The molecule has 0 aliphatic heterocycles. The molecule has 41 heavy (non-hydrogen) atoms. The van der Waals surface area contributed by atoms with Gasteiger partial charge in [0, 0.05) is 24.7 Å². The molecule has 0 aliphatic carbocycles. The Morgan fingerprint density at radius 3 is 1.61 bits per heavy atom. The Balaban J connectivity index is 1.93. The Kier molecular flexibility index (Phi) is 12.8. The van der Waals surface area contributed by atoms with E-state index in [1.807, 2.05) is 45.0 Å². The van der Waals surface area contributed by atoms with Crippen LogP contribution >= 0.6 is 23.0 Å². The molecule has 0 unspecified atom stereocenters. The smallest absolute Gasteiger partial charge is 0.489 e. The number of rotatable bonds is 17. The molecule has 0 heterocycles. The molecule has 0 aliphatic rings. The molecule has 0 saturated carbocycles. The minimum Gasteiger partial charge on any atom is -0.489 e. The quantitative estimate of drug-likeness (QED) is 0.0965. The summed E-state index contributed by atoms with van der Waals surface area (Å²) in [6, 6.07) is 11.3. The van der Waals surface area contributed by atoms with Crippen LogP contribution in [0, 0.1) is 0 Å². The molecule has 4 nitrogen and oxygen atoms in total. The van der Waals surface area contributed by atoms with Crippen LogP contribution < -0.4 is 4.74 Å². The molecule has 2 aromatic carbocycles. The third kappa shape index (κ3) is 9.19. The van der Waals surface area contributed by atoms with Crippen LogP contribution in [0.2, 0.25) is 0 Å². The summed E-state index contributed by atoms with van der Waals surface area (Å²) in [5.41, 5.74) is 1.78. The summed E-state index contributed by atoms with van der Waals surface area (Å²) < 4.78 is 141. The van der Waals surface area contributed by atoms with E-state index in [0.717, 1.165) is 35.4 Å². The average Bonchev–Trinajstić information content (AvgIpc) is 2.88. The number of aryl methyl sites for hydroxylation is 1. The van der Waals surface area contributed by atoms with Crippen LogP contribution in [0.5, 0.6) is 5.75 Å². The van der Waals surface area contributed by atoms with Gasteiger partial charge in [-0.1, -0.05) is 35.5 Å². The van der Waals surface area contributed by atoms with E-state index < -0.39 is 47.9 Å². The van der Waals surface area contributed by atoms with Gasteiger partial charge in [-0.15, -0.1) is 0 Å². The van der Waals surface area contributed by atoms with Crippen molar-refractivity contribution in [2.75, 3.05) is 25.6 Å². The van der Waals surface area contributed by atoms with E-state index in [-0.39, 0.29) is 12.4 Å². The Hall–Kier alpha value is -1.59. The van der Waals surface area contributed by atoms with Gasteiger partial charge < -0.3 is 18.0 Å². The number of hydrogen-bond donors (Lipinski definition) is 0. The van der Waals surface area contributed by atoms with Gasteiger partial charge in [-0.25, -0.2) is 0 Å². The molecule has 0 N–H and O–H groups in total. The van der Waals surface area contributed by atoms with Crippen LogP contribution in [0.1, 0.15) is 31.9 Å². The van der Waals surface area contributed by atoms with Gasteiger partial charge in [-0.05, 0) is 80.1 Å². The average molecular weight is 657 g/mol. The summed E-state index contributed by atoms with van der Waals surface area (Å²) in [7, 11) is -2.82. The summed E-state index contributed by atoms with van der Waals surface area (Å²) in [6.07, 6.45) is -6.15. The summed E-state index contributed by atoms with van der Waals surface area (Å²) in [5.74, 6) is -12.8. The normalized spacial score (nSPS) is 13.5. The molecule has 0 fully saturated rings. The van der Waals surface area contributed by atoms with Gasteiger partial charge in [0.1, 0.15) is 12.4 Å². The Morgan fingerprint density at radius 1 is 0.659 bits per heavy atom. The van der Waals surface area contributed by atoms with Crippen molar-refractivity contribution < 1.29 is 57.5 Å². The van der Waals surface area contributed by atoms with Crippen molar-refractivity contribution in [1.82, 2.24) is 0 Å². The Morgan fingerprint density at radius 2 is 1.15 bits per heavy atom. The van der Waals surface area contributed by atoms with Crippen molar-refractivity contribution in [2.45, 2.75) is 62.0 Å². The molecule has 0 amide bonds. The van der Waals surface area contributed by atoms with E-state index in [1.165, 1.54) is 11.2 Å². The van der Waals surface area contributed by atoms with E-state index in [0.29, 0.717) is 32.0 Å². The molecule has 2 aromatic rings. The lowest BCUT2D eigenvalue weighted by molar-refractivity contribution is -0.381. The number of hydrogen-bond acceptors (Lipinski definition) is 6. The number of ether oxygens (including phenoxy) is 1. The van der Waals surface area contributed by atoms with E-state index >= 15 is 0 Å². The second-order valence-electron chi connectivity index (χ2n) is 8.24. The standard InChI is InChI=1S/C25H29F9O4S2Si/c1-4-36-41(37-5-2,38-6-3)39-16-15-18-7-9-19(10-8-18)17-35-20-11-13-21(14-12-20)40-25(33,34)23(28,29)22(26,27)24(30,31)32/h7-14H,4-6,15-17H2,1-3H3. The number of benzene rings is 2. The molecule has 0 saturated heterocycles. The molecule has 0 bridgehead atoms. The summed E-state index contributed by atoms with van der Waals surface area (Å²) >= 11 is 0.422. The van der Waals surface area contributed by atoms with Crippen molar-refractivity contribution >= 4 is 30.9 Å². The van der Waals surface area contributed by atoms with Crippen LogP contribution in [0.15, 0.2) is 53.4 Å². The van der Waals surface area contributed by atoms with Gasteiger partial charge in [-0.3, -0.25) is 0 Å². The molecule has 232 valence electrons. The summed E-state index contributed by atoms with van der Waals surface area (Å²) in [6.45, 7) is 7.10. The van der Waals surface area contributed by atoms with E-state index in [9.17, 15) is 39.5 Å². The van der Waals surface area contributed by atoms with Crippen LogP contribution in [0.25, 0.3) is 0 Å². The zero-order chi connectivity index (χ0) is 31.0. The lowest BCUT2D eigenvalue weighted by atomic mass is 10.1. The van der Waals surface area contributed by atoms with E-state index in [2.05, 4.69) is 0 Å². The molecule has 0 radical (unpaired) electrons. The lowest BCUT2D eigenvalue weighted by Crippen LogP contribution is -2.59. The highest BCUT2D eigenvalue weighted by Crippen LogP contribution is 2.57. The van der Waals surface area contributed by atoms with Crippen molar-refractivity contribution in [2.24, 2.45) is 0 Å². The summed E-state index contributed by atoms with van der Waals surface area (Å²) in [4.78, 5) is -0.660. The van der Waals surface area contributed by atoms with Crippen molar-refractivity contribution in [1.29, 1.82) is 0 Å². The van der Waals surface area contributed by atoms with Gasteiger partial charge in [-0.2, -0.15) is 39.5 Å². The third-order valence-electron chi connectivity index (χ3n) is 5.25. The molecular weight excluding hydrogens is 627 g/mol. The highest BCUT2D eigenvalue weighted by molar-refractivity contribution is 8.26. The first-order valence-electron chi connectivity index (χ1n) is 12.3. The second-order valence-corrected chi connectivity index (χ2v) is 14.4. The zero-order valence-electron chi connectivity index (χ0n) is 22.2. The predicted octanol–water partition coefficient (Wildman–Crippen LogP) is 8.60. The largest absolute Gasteiger partial charge is 0.573 e. The van der Waals surface area contributed by atoms with E-state index in [4.69, 9.17) is 18.0 Å². The predicted molar refractivity (Wildman–Crippen MR) is 141 cm³/mol. The monoisotopic (exact) mass is 656 g/mol. The SMILES string of the molecule is CCO[Si](OCC)(OCC)SCCc1ccc(COc2ccc(SC(F)(F)C(F)(F)C(F)(F)C(F)(F)F)cc2)cc1. The molecular formula is C25H29F9O4S2Si. The maximum absolute atomic E-state index is 13.8. The first kappa shape index (κ1) is 35.6. The maximum atomic E-state index is 13.8. The Bertz CT molecular complexity index is 1060. The van der Waals surface area contributed by atoms with Gasteiger partial charge in [0.2, 0.25) is 0 Å². The van der Waals surface area contributed by atoms with Gasteiger partial charge >= 0.3 is 31.2 Å². The molecule has 2 rings (SSSR count). The van der Waals surface area contributed by atoms with Crippen molar-refractivity contribution in [3.8, 4) is 5.75 Å². The molecule has 0 aromatic heterocycles. The first-order chi connectivity index (χ1) is 19.0. The molecule has 0 spiro atoms.